The predicted molar refractivity (Wildman–Crippen MR) is 76.4 cm³/mol. The summed E-state index contributed by atoms with van der Waals surface area (Å²) in [6.45, 7) is 0. The minimum atomic E-state index is 0.751. The summed E-state index contributed by atoms with van der Waals surface area (Å²) in [6, 6.07) is 6.14. The maximum atomic E-state index is 4.18. The maximum Gasteiger partial charge on any atom is 0.224 e. The second kappa shape index (κ2) is 4.70. The summed E-state index contributed by atoms with van der Waals surface area (Å²) in [4.78, 5) is 0. The van der Waals surface area contributed by atoms with Crippen LogP contribution in [-0.4, -0.2) is 21.8 Å². The number of nitrogens with one attached hydrogen (secondary N) is 1. The van der Waals surface area contributed by atoms with Gasteiger partial charge in [0.25, 0.3) is 0 Å². The van der Waals surface area contributed by atoms with Crippen LogP contribution in [-0.2, 0) is 7.05 Å². The van der Waals surface area contributed by atoms with Gasteiger partial charge in [0, 0.05) is 27.7 Å². The Hall–Kier alpha value is -0.630. The Balaban J connectivity index is 2.58. The minimum Gasteiger partial charge on any atom is -0.357 e. The third kappa shape index (κ3) is 2.08. The van der Waals surface area contributed by atoms with E-state index in [0.29, 0.717) is 0 Å². The second-order valence-electron chi connectivity index (χ2n) is 3.28. The fourth-order valence-electron chi connectivity index (χ4n) is 1.45. The number of hydrogen-bond acceptors (Lipinski definition) is 3. The van der Waals surface area contributed by atoms with Crippen molar-refractivity contribution in [3.8, 4) is 11.4 Å². The quantitative estimate of drug-likeness (QED) is 0.799. The zero-order valence-corrected chi connectivity index (χ0v) is 12.6. The lowest BCUT2D eigenvalue weighted by Gasteiger charge is -2.05. The van der Waals surface area contributed by atoms with Gasteiger partial charge in [-0.3, -0.25) is 4.57 Å². The summed E-state index contributed by atoms with van der Waals surface area (Å²) in [6.07, 6.45) is 0. The van der Waals surface area contributed by atoms with Crippen LogP contribution < -0.4 is 5.32 Å². The Morgan fingerprint density at radius 3 is 2.75 bits per heavy atom. The summed E-state index contributed by atoms with van der Waals surface area (Å²) in [7, 11) is 3.77. The molecule has 0 aliphatic rings. The molecule has 1 heterocycles. The number of anilines is 1. The molecular formula is C10H10BrIN4. The van der Waals surface area contributed by atoms with Crippen LogP contribution in [0.25, 0.3) is 11.4 Å². The highest BCUT2D eigenvalue weighted by Gasteiger charge is 2.12. The lowest BCUT2D eigenvalue weighted by Crippen LogP contribution is -2.00. The molecule has 0 atom stereocenters. The van der Waals surface area contributed by atoms with Crippen LogP contribution in [0.5, 0.6) is 0 Å². The van der Waals surface area contributed by atoms with E-state index in [4.69, 9.17) is 0 Å². The molecule has 84 valence electrons. The summed E-state index contributed by atoms with van der Waals surface area (Å²) >= 11 is 5.81. The molecule has 2 aromatic rings. The standard InChI is InChI=1S/C10H10BrIN4/c1-13-10-15-14-9(16(10)2)7-5-6(12)3-4-8(7)11/h3-5H,1-2H3,(H,13,15). The molecule has 0 fully saturated rings. The van der Waals surface area contributed by atoms with Crippen molar-refractivity contribution in [2.45, 2.75) is 0 Å². The largest absolute Gasteiger partial charge is 0.357 e. The highest BCUT2D eigenvalue weighted by Crippen LogP contribution is 2.29. The first kappa shape index (κ1) is 11.8. The van der Waals surface area contributed by atoms with Crippen LogP contribution in [0.1, 0.15) is 0 Å². The van der Waals surface area contributed by atoms with Crippen LogP contribution in [0.15, 0.2) is 22.7 Å². The Morgan fingerprint density at radius 1 is 1.38 bits per heavy atom. The average Bonchev–Trinajstić information content (AvgIpc) is 2.63. The highest BCUT2D eigenvalue weighted by atomic mass is 127. The van der Waals surface area contributed by atoms with E-state index in [2.05, 4.69) is 60.1 Å². The van der Waals surface area contributed by atoms with Crippen molar-refractivity contribution < 1.29 is 0 Å². The van der Waals surface area contributed by atoms with Gasteiger partial charge in [-0.2, -0.15) is 0 Å². The summed E-state index contributed by atoms with van der Waals surface area (Å²) in [5.74, 6) is 1.59. The fourth-order valence-corrected chi connectivity index (χ4v) is 2.37. The van der Waals surface area contributed by atoms with Crippen molar-refractivity contribution in [2.24, 2.45) is 7.05 Å². The van der Waals surface area contributed by atoms with Gasteiger partial charge in [0.05, 0.1) is 0 Å². The molecule has 0 aliphatic heterocycles. The summed E-state index contributed by atoms with van der Waals surface area (Å²) in [5.41, 5.74) is 1.04. The monoisotopic (exact) mass is 392 g/mol. The molecule has 1 aromatic carbocycles. The number of aromatic nitrogens is 3. The van der Waals surface area contributed by atoms with Gasteiger partial charge in [-0.05, 0) is 40.8 Å². The average molecular weight is 393 g/mol. The van der Waals surface area contributed by atoms with Crippen LogP contribution in [0, 0.1) is 3.57 Å². The Bertz CT molecular complexity index is 524. The molecule has 2 rings (SSSR count). The van der Waals surface area contributed by atoms with Crippen molar-refractivity contribution in [1.29, 1.82) is 0 Å². The topological polar surface area (TPSA) is 42.7 Å². The fraction of sp³-hybridized carbons (Fsp3) is 0.200. The van der Waals surface area contributed by atoms with E-state index in [1.54, 1.807) is 0 Å². The first-order valence-electron chi connectivity index (χ1n) is 4.66. The van der Waals surface area contributed by atoms with E-state index in [-0.39, 0.29) is 0 Å². The third-order valence-corrected chi connectivity index (χ3v) is 3.63. The van der Waals surface area contributed by atoms with Gasteiger partial charge >= 0.3 is 0 Å². The molecule has 16 heavy (non-hydrogen) atoms. The summed E-state index contributed by atoms with van der Waals surface area (Å²) < 4.78 is 4.12. The predicted octanol–water partition coefficient (Wildman–Crippen LogP) is 2.89. The maximum absolute atomic E-state index is 4.18. The van der Waals surface area contributed by atoms with E-state index in [1.807, 2.05) is 30.8 Å². The first-order valence-corrected chi connectivity index (χ1v) is 6.53. The number of rotatable bonds is 2. The minimum absolute atomic E-state index is 0.751. The number of benzene rings is 1. The molecule has 0 saturated heterocycles. The Kier molecular flexibility index (Phi) is 3.48. The molecule has 0 radical (unpaired) electrons. The van der Waals surface area contributed by atoms with Crippen molar-refractivity contribution in [3.05, 3.63) is 26.2 Å². The molecule has 1 N–H and O–H groups in total. The molecular weight excluding hydrogens is 383 g/mol. The number of hydrogen-bond donors (Lipinski definition) is 1. The van der Waals surface area contributed by atoms with Gasteiger partial charge in [-0.25, -0.2) is 0 Å². The van der Waals surface area contributed by atoms with Gasteiger partial charge in [-0.15, -0.1) is 10.2 Å². The smallest absolute Gasteiger partial charge is 0.224 e. The van der Waals surface area contributed by atoms with Crippen molar-refractivity contribution in [1.82, 2.24) is 14.8 Å². The van der Waals surface area contributed by atoms with Gasteiger partial charge in [-0.1, -0.05) is 15.9 Å². The second-order valence-corrected chi connectivity index (χ2v) is 5.38. The molecule has 1 aromatic heterocycles. The van der Waals surface area contributed by atoms with E-state index < -0.39 is 0 Å². The molecule has 0 spiro atoms. The van der Waals surface area contributed by atoms with Crippen LogP contribution >= 0.6 is 38.5 Å². The number of nitrogens with zero attached hydrogens (tertiary/aromatic N) is 3. The lowest BCUT2D eigenvalue weighted by molar-refractivity contribution is 0.924. The normalized spacial score (nSPS) is 10.5. The zero-order chi connectivity index (χ0) is 11.7. The Labute approximate surface area is 116 Å². The lowest BCUT2D eigenvalue weighted by atomic mass is 10.2. The molecule has 0 unspecified atom stereocenters. The molecule has 0 aliphatic carbocycles. The number of halogens is 2. The first-order chi connectivity index (χ1) is 7.63. The molecule has 6 heteroatoms. The van der Waals surface area contributed by atoms with Gasteiger partial charge in [0.1, 0.15) is 0 Å². The van der Waals surface area contributed by atoms with Crippen LogP contribution in [0.4, 0.5) is 5.95 Å². The van der Waals surface area contributed by atoms with Gasteiger partial charge in [0.2, 0.25) is 5.95 Å². The molecule has 0 saturated carbocycles. The van der Waals surface area contributed by atoms with Crippen LogP contribution in [0.2, 0.25) is 0 Å². The van der Waals surface area contributed by atoms with Crippen molar-refractivity contribution in [2.75, 3.05) is 12.4 Å². The van der Waals surface area contributed by atoms with Crippen molar-refractivity contribution in [3.63, 3.8) is 0 Å². The third-order valence-electron chi connectivity index (χ3n) is 2.27. The molecule has 0 amide bonds. The van der Waals surface area contributed by atoms with E-state index in [9.17, 15) is 0 Å². The van der Waals surface area contributed by atoms with Crippen molar-refractivity contribution >= 4 is 44.5 Å². The van der Waals surface area contributed by atoms with E-state index >= 15 is 0 Å². The van der Waals surface area contributed by atoms with Crippen LogP contribution in [0.3, 0.4) is 0 Å². The Morgan fingerprint density at radius 2 is 2.12 bits per heavy atom. The zero-order valence-electron chi connectivity index (χ0n) is 8.83. The summed E-state index contributed by atoms with van der Waals surface area (Å²) in [5, 5.41) is 11.2. The van der Waals surface area contributed by atoms with E-state index in [0.717, 1.165) is 21.8 Å². The molecule has 0 bridgehead atoms. The van der Waals surface area contributed by atoms with E-state index in [1.165, 1.54) is 3.57 Å². The highest BCUT2D eigenvalue weighted by molar-refractivity contribution is 14.1. The molecule has 4 nitrogen and oxygen atoms in total. The van der Waals surface area contributed by atoms with Gasteiger partial charge < -0.3 is 5.32 Å². The van der Waals surface area contributed by atoms with Gasteiger partial charge in [0.15, 0.2) is 5.82 Å². The SMILES string of the molecule is CNc1nnc(-c2cc(I)ccc2Br)n1C.